The van der Waals surface area contributed by atoms with Gasteiger partial charge in [0.2, 0.25) is 0 Å². The van der Waals surface area contributed by atoms with Gasteiger partial charge in [0.05, 0.1) is 9.62 Å². The van der Waals surface area contributed by atoms with Gasteiger partial charge in [0.1, 0.15) is 6.33 Å². The number of halogens is 3. The number of hydrogen-bond acceptors (Lipinski definition) is 2. The van der Waals surface area contributed by atoms with Crippen LogP contribution in [0.25, 0.3) is 22.4 Å². The fourth-order valence-corrected chi connectivity index (χ4v) is 3.94. The molecule has 3 aromatic rings. The minimum Gasteiger partial charge on any atom is -0.244 e. The van der Waals surface area contributed by atoms with E-state index in [2.05, 4.69) is 32.6 Å². The molecular weight excluding hydrogens is 397 g/mol. The molecule has 0 saturated heterocycles. The highest BCUT2D eigenvalue weighted by atomic mass is 127. The van der Waals surface area contributed by atoms with Gasteiger partial charge in [0, 0.05) is 17.3 Å². The first-order valence-electron chi connectivity index (χ1n) is 6.70. The van der Waals surface area contributed by atoms with Crippen molar-refractivity contribution in [1.82, 2.24) is 9.97 Å². The molecule has 4 rings (SSSR count). The molecule has 1 aromatic heterocycles. The number of rotatable bonds is 0. The maximum absolute atomic E-state index is 14.5. The summed E-state index contributed by atoms with van der Waals surface area (Å²) in [5.41, 5.74) is 4.12. The van der Waals surface area contributed by atoms with E-state index in [4.69, 9.17) is 0 Å². The van der Waals surface area contributed by atoms with Gasteiger partial charge in [-0.1, -0.05) is 52.9 Å². The molecule has 2 nitrogen and oxygen atoms in total. The summed E-state index contributed by atoms with van der Waals surface area (Å²) in [4.78, 5) is 8.29. The molecule has 22 heavy (non-hydrogen) atoms. The lowest BCUT2D eigenvalue weighted by atomic mass is 9.99. The summed E-state index contributed by atoms with van der Waals surface area (Å²) in [7, 11) is 0. The first-order valence-corrected chi connectivity index (χ1v) is 7.94. The van der Waals surface area contributed by atoms with Crippen molar-refractivity contribution in [3.05, 3.63) is 71.7 Å². The van der Waals surface area contributed by atoms with Crippen molar-refractivity contribution in [3.63, 3.8) is 0 Å². The highest BCUT2D eigenvalue weighted by Crippen LogP contribution is 2.48. The zero-order chi connectivity index (χ0) is 15.3. The van der Waals surface area contributed by atoms with Gasteiger partial charge in [-0.3, -0.25) is 0 Å². The van der Waals surface area contributed by atoms with Crippen LogP contribution in [0.15, 0.2) is 48.9 Å². The van der Waals surface area contributed by atoms with Crippen LogP contribution in [0.4, 0.5) is 8.78 Å². The summed E-state index contributed by atoms with van der Waals surface area (Å²) < 4.78 is 28.2. The minimum absolute atomic E-state index is 0.0897. The van der Waals surface area contributed by atoms with E-state index in [1.165, 1.54) is 12.4 Å². The van der Waals surface area contributed by atoms with Crippen molar-refractivity contribution < 1.29 is 8.78 Å². The fraction of sp³-hybridized carbons (Fsp3) is 0.0588. The predicted molar refractivity (Wildman–Crippen MR) is 88.7 cm³/mol. The summed E-state index contributed by atoms with van der Waals surface area (Å²) in [6.07, 6.45) is 3.02. The van der Waals surface area contributed by atoms with E-state index in [1.54, 1.807) is 12.3 Å². The average Bonchev–Trinajstić information content (AvgIpc) is 2.66. The lowest BCUT2D eigenvalue weighted by Gasteiger charge is -2.14. The van der Waals surface area contributed by atoms with Crippen molar-refractivity contribution >= 4 is 22.6 Å². The molecule has 0 amide bonds. The summed E-state index contributed by atoms with van der Waals surface area (Å²) in [6, 6.07) is 10.6. The molecule has 5 heteroatoms. The number of benzene rings is 2. The van der Waals surface area contributed by atoms with Crippen LogP contribution in [0.3, 0.4) is 0 Å². The van der Waals surface area contributed by atoms with Gasteiger partial charge in [0.25, 0.3) is 0 Å². The van der Waals surface area contributed by atoms with Crippen molar-refractivity contribution in [1.29, 1.82) is 0 Å². The molecule has 1 atom stereocenters. The van der Waals surface area contributed by atoms with Crippen LogP contribution in [0.1, 0.15) is 15.1 Å². The van der Waals surface area contributed by atoms with Crippen LogP contribution in [-0.2, 0) is 0 Å². The van der Waals surface area contributed by atoms with Crippen LogP contribution in [0.5, 0.6) is 0 Å². The van der Waals surface area contributed by atoms with E-state index in [9.17, 15) is 8.78 Å². The van der Waals surface area contributed by atoms with E-state index in [0.717, 1.165) is 22.3 Å². The first kappa shape index (κ1) is 13.8. The fourth-order valence-electron chi connectivity index (χ4n) is 2.87. The average molecular weight is 406 g/mol. The van der Waals surface area contributed by atoms with Gasteiger partial charge < -0.3 is 0 Å². The summed E-state index contributed by atoms with van der Waals surface area (Å²) >= 11 is 2.25. The Balaban J connectivity index is 2.19. The van der Waals surface area contributed by atoms with E-state index in [0.29, 0.717) is 5.69 Å². The van der Waals surface area contributed by atoms with Crippen LogP contribution in [0, 0.1) is 11.6 Å². The molecule has 0 N–H and O–H groups in total. The second-order valence-electron chi connectivity index (χ2n) is 5.06. The Labute approximate surface area is 139 Å². The molecule has 0 spiro atoms. The third kappa shape index (κ3) is 1.88. The highest BCUT2D eigenvalue weighted by molar-refractivity contribution is 14.1. The quantitative estimate of drug-likeness (QED) is 0.391. The summed E-state index contributed by atoms with van der Waals surface area (Å²) in [6.45, 7) is 0. The van der Waals surface area contributed by atoms with Gasteiger partial charge >= 0.3 is 0 Å². The van der Waals surface area contributed by atoms with Crippen LogP contribution < -0.4 is 0 Å². The number of fused-ring (bicyclic) bond motifs is 5. The molecular formula is C17H9F2IN2. The molecule has 0 radical (unpaired) electrons. The SMILES string of the molecule is Fc1ccc2c(c1F)-c1ncncc1-c1ccccc1C2I. The third-order valence-electron chi connectivity index (χ3n) is 3.87. The lowest BCUT2D eigenvalue weighted by Crippen LogP contribution is -1.99. The lowest BCUT2D eigenvalue weighted by molar-refractivity contribution is 0.510. The van der Waals surface area contributed by atoms with Gasteiger partial charge in [-0.15, -0.1) is 0 Å². The molecule has 2 aromatic carbocycles. The molecule has 0 saturated carbocycles. The molecule has 1 heterocycles. The van der Waals surface area contributed by atoms with Crippen LogP contribution >= 0.6 is 22.6 Å². The topological polar surface area (TPSA) is 25.8 Å². The predicted octanol–water partition coefficient (Wildman–Crippen LogP) is 4.93. The molecule has 108 valence electrons. The van der Waals surface area contributed by atoms with Gasteiger partial charge in [0.15, 0.2) is 11.6 Å². The Hall–Kier alpha value is -1.89. The zero-order valence-electron chi connectivity index (χ0n) is 11.2. The second kappa shape index (κ2) is 5.08. The second-order valence-corrected chi connectivity index (χ2v) is 6.31. The normalized spacial score (nSPS) is 15.5. The minimum atomic E-state index is -0.863. The zero-order valence-corrected chi connectivity index (χ0v) is 13.4. The largest absolute Gasteiger partial charge is 0.244 e. The van der Waals surface area contributed by atoms with Gasteiger partial charge in [-0.2, -0.15) is 0 Å². The molecule has 0 aliphatic heterocycles. The molecule has 1 unspecified atom stereocenters. The number of alkyl halides is 1. The van der Waals surface area contributed by atoms with Crippen molar-refractivity contribution in [2.75, 3.05) is 0 Å². The monoisotopic (exact) mass is 406 g/mol. The standard InChI is InChI=1S/C17H9F2IN2/c18-13-6-5-11-14(15(13)19)17-12(7-21-8-22-17)9-3-1-2-4-10(9)16(11)20/h1-8,16H. The van der Waals surface area contributed by atoms with Crippen molar-refractivity contribution in [3.8, 4) is 22.4 Å². The van der Waals surface area contributed by atoms with Gasteiger partial charge in [-0.05, 0) is 22.8 Å². The Morgan fingerprint density at radius 1 is 0.955 bits per heavy atom. The van der Waals surface area contributed by atoms with E-state index >= 15 is 0 Å². The first-order chi connectivity index (χ1) is 10.7. The number of aromatic nitrogens is 2. The smallest absolute Gasteiger partial charge is 0.168 e. The van der Waals surface area contributed by atoms with Crippen LogP contribution in [0.2, 0.25) is 0 Å². The molecule has 0 fully saturated rings. The highest BCUT2D eigenvalue weighted by Gasteiger charge is 2.29. The Morgan fingerprint density at radius 3 is 2.64 bits per heavy atom. The Kier molecular flexibility index (Phi) is 3.18. The van der Waals surface area contributed by atoms with E-state index < -0.39 is 11.6 Å². The Bertz CT molecular complexity index is 896. The molecule has 0 bridgehead atoms. The summed E-state index contributed by atoms with van der Waals surface area (Å²) in [5.74, 6) is -1.72. The van der Waals surface area contributed by atoms with Crippen molar-refractivity contribution in [2.45, 2.75) is 3.92 Å². The van der Waals surface area contributed by atoms with Gasteiger partial charge in [-0.25, -0.2) is 18.7 Å². The Morgan fingerprint density at radius 2 is 1.77 bits per heavy atom. The number of hydrogen-bond donors (Lipinski definition) is 0. The molecule has 1 aliphatic carbocycles. The van der Waals surface area contributed by atoms with Crippen molar-refractivity contribution in [2.24, 2.45) is 0 Å². The molecule has 1 aliphatic rings. The van der Waals surface area contributed by atoms with E-state index in [1.807, 2.05) is 24.3 Å². The maximum Gasteiger partial charge on any atom is 0.168 e. The third-order valence-corrected chi connectivity index (χ3v) is 5.22. The van der Waals surface area contributed by atoms with Crippen LogP contribution in [-0.4, -0.2) is 9.97 Å². The summed E-state index contributed by atoms with van der Waals surface area (Å²) in [5, 5.41) is 0. The number of nitrogens with zero attached hydrogens (tertiary/aromatic N) is 2. The van der Waals surface area contributed by atoms with E-state index in [-0.39, 0.29) is 9.49 Å². The maximum atomic E-state index is 14.5.